The van der Waals surface area contributed by atoms with Crippen LogP contribution >= 0.6 is 11.6 Å². The van der Waals surface area contributed by atoms with E-state index >= 15 is 0 Å². The number of halogens is 1. The van der Waals surface area contributed by atoms with Crippen molar-refractivity contribution < 1.29 is 0 Å². The summed E-state index contributed by atoms with van der Waals surface area (Å²) in [5, 5.41) is 7.16. The van der Waals surface area contributed by atoms with E-state index in [0.717, 1.165) is 31.0 Å². The maximum absolute atomic E-state index is 5.79. The second-order valence-electron chi connectivity index (χ2n) is 5.66. The molecule has 6 heteroatoms. The van der Waals surface area contributed by atoms with Gasteiger partial charge in [0.2, 0.25) is 0 Å². The van der Waals surface area contributed by atoms with E-state index in [9.17, 15) is 0 Å². The van der Waals surface area contributed by atoms with E-state index in [1.54, 1.807) is 13.2 Å². The molecule has 5 nitrogen and oxygen atoms in total. The van der Waals surface area contributed by atoms with E-state index in [2.05, 4.69) is 49.8 Å². The molecule has 0 saturated carbocycles. The van der Waals surface area contributed by atoms with Gasteiger partial charge in [-0.25, -0.2) is 4.98 Å². The van der Waals surface area contributed by atoms with Gasteiger partial charge >= 0.3 is 0 Å². The zero-order chi connectivity index (χ0) is 17.4. The Hall–Kier alpha value is -2.27. The Morgan fingerprint density at radius 1 is 1.17 bits per heavy atom. The molecule has 0 aliphatic carbocycles. The molecule has 0 amide bonds. The Balaban J connectivity index is 1.80. The average molecular weight is 346 g/mol. The number of nitrogens with one attached hydrogen (secondary N) is 2. The van der Waals surface area contributed by atoms with Crippen LogP contribution in [-0.2, 0) is 13.0 Å². The van der Waals surface area contributed by atoms with Crippen LogP contribution in [0.2, 0.25) is 5.15 Å². The first-order valence-corrected chi connectivity index (χ1v) is 8.27. The number of aliphatic imine (C=N–C) groups is 1. The quantitative estimate of drug-likeness (QED) is 0.480. The maximum Gasteiger partial charge on any atom is 0.191 e. The fraction of sp³-hybridized carbons (Fsp3) is 0.333. The molecular weight excluding hydrogens is 322 g/mol. The van der Waals surface area contributed by atoms with Gasteiger partial charge in [0.05, 0.1) is 0 Å². The number of hydrogen-bond donors (Lipinski definition) is 2. The third-order valence-corrected chi connectivity index (χ3v) is 3.83. The van der Waals surface area contributed by atoms with E-state index in [0.29, 0.717) is 5.15 Å². The topological polar surface area (TPSA) is 52.6 Å². The number of rotatable bonds is 6. The Morgan fingerprint density at radius 3 is 2.67 bits per heavy atom. The zero-order valence-corrected chi connectivity index (χ0v) is 15.1. The average Bonchev–Trinajstić information content (AvgIpc) is 2.59. The first kappa shape index (κ1) is 18.1. The predicted molar refractivity (Wildman–Crippen MR) is 102 cm³/mol. The summed E-state index contributed by atoms with van der Waals surface area (Å²) >= 11 is 5.79. The molecule has 128 valence electrons. The lowest BCUT2D eigenvalue weighted by atomic mass is 10.2. The highest BCUT2D eigenvalue weighted by molar-refractivity contribution is 6.29. The lowest BCUT2D eigenvalue weighted by Gasteiger charge is -2.15. The molecule has 0 unspecified atom stereocenters. The summed E-state index contributed by atoms with van der Waals surface area (Å²) in [6.07, 6.45) is 2.66. The smallest absolute Gasteiger partial charge is 0.191 e. The van der Waals surface area contributed by atoms with Crippen LogP contribution in [0.3, 0.4) is 0 Å². The van der Waals surface area contributed by atoms with Crippen molar-refractivity contribution in [3.63, 3.8) is 0 Å². The van der Waals surface area contributed by atoms with Gasteiger partial charge in [-0.05, 0) is 35.7 Å². The second-order valence-corrected chi connectivity index (χ2v) is 6.04. The van der Waals surface area contributed by atoms with Crippen molar-refractivity contribution in [3.8, 4) is 0 Å². The molecule has 0 aliphatic heterocycles. The Morgan fingerprint density at radius 2 is 2.00 bits per heavy atom. The van der Waals surface area contributed by atoms with Gasteiger partial charge in [-0.3, -0.25) is 4.99 Å². The monoisotopic (exact) mass is 345 g/mol. The van der Waals surface area contributed by atoms with Crippen LogP contribution < -0.4 is 15.5 Å². The van der Waals surface area contributed by atoms with E-state index in [1.807, 2.05) is 26.2 Å². The zero-order valence-electron chi connectivity index (χ0n) is 14.4. The summed E-state index contributed by atoms with van der Waals surface area (Å²) in [6, 6.07) is 12.2. The molecule has 2 rings (SSSR count). The van der Waals surface area contributed by atoms with Crippen molar-refractivity contribution in [1.82, 2.24) is 15.6 Å². The second kappa shape index (κ2) is 9.13. The van der Waals surface area contributed by atoms with Gasteiger partial charge < -0.3 is 15.5 Å². The lowest BCUT2D eigenvalue weighted by Crippen LogP contribution is -2.37. The molecule has 1 aromatic carbocycles. The molecule has 0 atom stereocenters. The third-order valence-electron chi connectivity index (χ3n) is 3.61. The number of nitrogens with zero attached hydrogens (tertiary/aromatic N) is 3. The van der Waals surface area contributed by atoms with Crippen LogP contribution in [0, 0.1) is 0 Å². The highest BCUT2D eigenvalue weighted by atomic mass is 35.5. The molecule has 2 N–H and O–H groups in total. The van der Waals surface area contributed by atoms with Crippen LogP contribution in [0.1, 0.15) is 11.1 Å². The van der Waals surface area contributed by atoms with E-state index < -0.39 is 0 Å². The number of aromatic nitrogens is 1. The molecule has 0 saturated heterocycles. The normalized spacial score (nSPS) is 11.2. The third kappa shape index (κ3) is 5.74. The van der Waals surface area contributed by atoms with Gasteiger partial charge in [-0.2, -0.15) is 0 Å². The summed E-state index contributed by atoms with van der Waals surface area (Å²) in [5.74, 6) is 0.784. The highest BCUT2D eigenvalue weighted by Crippen LogP contribution is 2.13. The Bertz CT molecular complexity index is 667. The highest BCUT2D eigenvalue weighted by Gasteiger charge is 2.01. The Labute approximate surface area is 148 Å². The summed E-state index contributed by atoms with van der Waals surface area (Å²) in [5.41, 5.74) is 3.54. The van der Waals surface area contributed by atoms with E-state index in [4.69, 9.17) is 11.6 Å². The fourth-order valence-corrected chi connectivity index (χ4v) is 2.34. The van der Waals surface area contributed by atoms with Crippen molar-refractivity contribution >= 4 is 23.2 Å². The molecule has 0 fully saturated rings. The molecule has 24 heavy (non-hydrogen) atoms. The molecule has 0 aliphatic rings. The molecule has 1 aromatic heterocycles. The van der Waals surface area contributed by atoms with Gasteiger partial charge in [0.1, 0.15) is 5.15 Å². The first-order chi connectivity index (χ1) is 11.6. The van der Waals surface area contributed by atoms with Crippen molar-refractivity contribution in [1.29, 1.82) is 0 Å². The SMILES string of the molecule is CN=C(NCCc1ccc(Cl)nc1)NCc1cccc(N(C)C)c1. The maximum atomic E-state index is 5.79. The first-order valence-electron chi connectivity index (χ1n) is 7.89. The van der Waals surface area contributed by atoms with Gasteiger partial charge in [0, 0.05) is 46.1 Å². The van der Waals surface area contributed by atoms with E-state index in [1.165, 1.54) is 11.3 Å². The molecule has 0 bridgehead atoms. The summed E-state index contributed by atoms with van der Waals surface area (Å²) in [6.45, 7) is 1.50. The number of pyridine rings is 1. The molecule has 0 radical (unpaired) electrons. The lowest BCUT2D eigenvalue weighted by molar-refractivity contribution is 0.793. The van der Waals surface area contributed by atoms with Crippen molar-refractivity contribution in [2.24, 2.45) is 4.99 Å². The Kier molecular flexibility index (Phi) is 6.88. The van der Waals surface area contributed by atoms with Crippen LogP contribution in [0.5, 0.6) is 0 Å². The van der Waals surface area contributed by atoms with Gasteiger partial charge in [-0.15, -0.1) is 0 Å². The van der Waals surface area contributed by atoms with Crippen LogP contribution in [0.4, 0.5) is 5.69 Å². The summed E-state index contributed by atoms with van der Waals surface area (Å²) < 4.78 is 0. The summed E-state index contributed by atoms with van der Waals surface area (Å²) in [7, 11) is 5.85. The standard InChI is InChI=1S/C18H24ClN5/c1-20-18(21-10-9-14-7-8-17(19)22-12-14)23-13-15-5-4-6-16(11-15)24(2)3/h4-8,11-12H,9-10,13H2,1-3H3,(H2,20,21,23). The van der Waals surface area contributed by atoms with Crippen molar-refractivity contribution in [2.45, 2.75) is 13.0 Å². The minimum Gasteiger partial charge on any atom is -0.378 e. The summed E-state index contributed by atoms with van der Waals surface area (Å²) in [4.78, 5) is 10.4. The van der Waals surface area contributed by atoms with Gasteiger partial charge in [0.25, 0.3) is 0 Å². The van der Waals surface area contributed by atoms with Crippen molar-refractivity contribution in [2.75, 3.05) is 32.6 Å². The largest absolute Gasteiger partial charge is 0.378 e. The molecule has 0 spiro atoms. The van der Waals surface area contributed by atoms with Crippen LogP contribution in [-0.4, -0.2) is 38.6 Å². The number of guanidine groups is 1. The molecule has 1 heterocycles. The van der Waals surface area contributed by atoms with Crippen LogP contribution in [0.25, 0.3) is 0 Å². The fourth-order valence-electron chi connectivity index (χ4n) is 2.23. The van der Waals surface area contributed by atoms with Gasteiger partial charge in [-0.1, -0.05) is 29.8 Å². The number of hydrogen-bond acceptors (Lipinski definition) is 3. The predicted octanol–water partition coefficient (Wildman–Crippen LogP) is 2.71. The minimum atomic E-state index is 0.518. The van der Waals surface area contributed by atoms with Crippen LogP contribution in [0.15, 0.2) is 47.6 Å². The number of anilines is 1. The van der Waals surface area contributed by atoms with E-state index in [-0.39, 0.29) is 0 Å². The molecule has 2 aromatic rings. The molecular formula is C18H24ClN5. The van der Waals surface area contributed by atoms with Gasteiger partial charge in [0.15, 0.2) is 5.96 Å². The number of benzene rings is 1. The minimum absolute atomic E-state index is 0.518. The van der Waals surface area contributed by atoms with Crippen molar-refractivity contribution in [3.05, 3.63) is 58.9 Å².